The van der Waals surface area contributed by atoms with Gasteiger partial charge in [-0.1, -0.05) is 6.07 Å². The van der Waals surface area contributed by atoms with E-state index < -0.39 is 0 Å². The van der Waals surface area contributed by atoms with Crippen LogP contribution in [0.1, 0.15) is 35.6 Å². The van der Waals surface area contributed by atoms with Crippen LogP contribution in [0.3, 0.4) is 0 Å². The Morgan fingerprint density at radius 2 is 2.25 bits per heavy atom. The fourth-order valence-corrected chi connectivity index (χ4v) is 3.07. The number of benzene rings is 1. The number of carbonyl (C=O) groups excluding carboxylic acids is 1. The lowest BCUT2D eigenvalue weighted by atomic mass is 10.0. The third-order valence-electron chi connectivity index (χ3n) is 4.71. The minimum Gasteiger partial charge on any atom is -0.493 e. The number of nitrogens with two attached hydrogens (primary N) is 1. The monoisotopic (exact) mass is 328 g/mol. The molecule has 0 bridgehead atoms. The van der Waals surface area contributed by atoms with Crippen molar-refractivity contribution < 1.29 is 9.53 Å². The van der Waals surface area contributed by atoms with E-state index in [-0.39, 0.29) is 11.8 Å². The molecule has 1 saturated heterocycles. The molecule has 1 aromatic heterocycles. The summed E-state index contributed by atoms with van der Waals surface area (Å²) < 4.78 is 5.71. The fourth-order valence-electron chi connectivity index (χ4n) is 3.07. The summed E-state index contributed by atoms with van der Waals surface area (Å²) in [5.74, 6) is 1.19. The summed E-state index contributed by atoms with van der Waals surface area (Å²) in [5, 5.41) is 6.90. The third kappa shape index (κ3) is 3.53. The predicted molar refractivity (Wildman–Crippen MR) is 93.0 cm³/mol. The van der Waals surface area contributed by atoms with Crippen LogP contribution in [-0.4, -0.2) is 40.7 Å². The molecular weight excluding hydrogens is 304 g/mol. The summed E-state index contributed by atoms with van der Waals surface area (Å²) in [5.41, 5.74) is 9.94. The van der Waals surface area contributed by atoms with E-state index in [1.807, 2.05) is 23.1 Å². The number of aromatic amines is 1. The van der Waals surface area contributed by atoms with Crippen molar-refractivity contribution in [3.63, 3.8) is 0 Å². The average molecular weight is 328 g/mol. The Morgan fingerprint density at radius 3 is 2.96 bits per heavy atom. The Kier molecular flexibility index (Phi) is 4.74. The molecule has 1 aliphatic rings. The lowest BCUT2D eigenvalue weighted by Crippen LogP contribution is -2.29. The normalized spacial score (nSPS) is 17.2. The molecule has 1 unspecified atom stereocenters. The van der Waals surface area contributed by atoms with Gasteiger partial charge in [-0.3, -0.25) is 9.89 Å². The fraction of sp³-hybridized carbons (Fsp3) is 0.444. The first-order valence-corrected chi connectivity index (χ1v) is 8.31. The van der Waals surface area contributed by atoms with Crippen LogP contribution >= 0.6 is 0 Å². The molecule has 0 aliphatic carbocycles. The lowest BCUT2D eigenvalue weighted by molar-refractivity contribution is -0.130. The van der Waals surface area contributed by atoms with Crippen molar-refractivity contribution in [1.29, 1.82) is 0 Å². The number of ether oxygens (including phenoxy) is 1. The molecule has 3 N–H and O–H groups in total. The highest BCUT2D eigenvalue weighted by atomic mass is 16.5. The topological polar surface area (TPSA) is 84.2 Å². The summed E-state index contributed by atoms with van der Waals surface area (Å²) >= 11 is 0. The number of likely N-dealkylation sites (tertiary alicyclic amines) is 1. The van der Waals surface area contributed by atoms with E-state index in [2.05, 4.69) is 24.0 Å². The molecule has 0 saturated carbocycles. The first kappa shape index (κ1) is 16.4. The van der Waals surface area contributed by atoms with E-state index >= 15 is 0 Å². The minimum absolute atomic E-state index is 0.124. The van der Waals surface area contributed by atoms with E-state index in [1.165, 1.54) is 11.1 Å². The van der Waals surface area contributed by atoms with Gasteiger partial charge in [-0.2, -0.15) is 5.10 Å². The second-order valence-corrected chi connectivity index (χ2v) is 6.41. The van der Waals surface area contributed by atoms with E-state index in [0.29, 0.717) is 25.3 Å². The Morgan fingerprint density at radius 1 is 1.42 bits per heavy atom. The highest BCUT2D eigenvalue weighted by Crippen LogP contribution is 2.29. The number of nitrogen functional groups attached to an aromatic ring is 1. The standard InChI is InChI=1S/C18H24N4O2/c1-12-3-4-15(9-13(12)2)24-8-6-17(23)22-7-5-14(11-22)18-16(19)10-20-21-18/h3-4,9-10,14H,5-8,11,19H2,1-2H3,(H,20,21). The van der Waals surface area contributed by atoms with Crippen molar-refractivity contribution in [3.8, 4) is 5.75 Å². The summed E-state index contributed by atoms with van der Waals surface area (Å²) in [7, 11) is 0. The SMILES string of the molecule is Cc1ccc(OCCC(=O)N2CCC(c3[nH]ncc3N)C2)cc1C. The van der Waals surface area contributed by atoms with Crippen molar-refractivity contribution >= 4 is 11.6 Å². The number of hydrogen-bond acceptors (Lipinski definition) is 4. The zero-order chi connectivity index (χ0) is 17.1. The van der Waals surface area contributed by atoms with Crippen LogP contribution in [-0.2, 0) is 4.79 Å². The molecule has 2 aromatic rings. The van der Waals surface area contributed by atoms with Crippen LogP contribution in [0.15, 0.2) is 24.4 Å². The van der Waals surface area contributed by atoms with Crippen molar-refractivity contribution in [3.05, 3.63) is 41.2 Å². The van der Waals surface area contributed by atoms with Gasteiger partial charge in [0.1, 0.15) is 5.75 Å². The van der Waals surface area contributed by atoms with Crippen molar-refractivity contribution in [2.75, 3.05) is 25.4 Å². The highest BCUT2D eigenvalue weighted by Gasteiger charge is 2.29. The second kappa shape index (κ2) is 6.95. The van der Waals surface area contributed by atoms with Crippen molar-refractivity contribution in [2.45, 2.75) is 32.6 Å². The van der Waals surface area contributed by atoms with Gasteiger partial charge in [0.25, 0.3) is 0 Å². The Hall–Kier alpha value is -2.50. The molecule has 1 atom stereocenters. The quantitative estimate of drug-likeness (QED) is 0.882. The average Bonchev–Trinajstić information content (AvgIpc) is 3.19. The number of nitrogens with one attached hydrogen (secondary N) is 1. The number of rotatable bonds is 5. The minimum atomic E-state index is 0.124. The molecule has 1 aliphatic heterocycles. The van der Waals surface area contributed by atoms with Crippen LogP contribution < -0.4 is 10.5 Å². The Labute approximate surface area is 142 Å². The largest absolute Gasteiger partial charge is 0.493 e. The zero-order valence-electron chi connectivity index (χ0n) is 14.2. The smallest absolute Gasteiger partial charge is 0.226 e. The molecule has 6 nitrogen and oxygen atoms in total. The number of aromatic nitrogens is 2. The summed E-state index contributed by atoms with van der Waals surface area (Å²) in [6, 6.07) is 5.98. The van der Waals surface area contributed by atoms with Gasteiger partial charge in [-0.25, -0.2) is 0 Å². The number of aryl methyl sites for hydroxylation is 2. The number of H-pyrrole nitrogens is 1. The van der Waals surface area contributed by atoms with Crippen LogP contribution in [0.5, 0.6) is 5.75 Å². The number of nitrogens with zero attached hydrogens (tertiary/aromatic N) is 2. The molecule has 1 aromatic carbocycles. The van der Waals surface area contributed by atoms with Crippen LogP contribution in [0, 0.1) is 13.8 Å². The number of carbonyl (C=O) groups is 1. The number of hydrogen-bond donors (Lipinski definition) is 2. The third-order valence-corrected chi connectivity index (χ3v) is 4.71. The summed E-state index contributed by atoms with van der Waals surface area (Å²) in [4.78, 5) is 14.2. The van der Waals surface area contributed by atoms with Gasteiger partial charge < -0.3 is 15.4 Å². The van der Waals surface area contributed by atoms with Crippen LogP contribution in [0.2, 0.25) is 0 Å². The first-order chi connectivity index (χ1) is 11.5. The van der Waals surface area contributed by atoms with Crippen LogP contribution in [0.4, 0.5) is 5.69 Å². The molecule has 128 valence electrons. The van der Waals surface area contributed by atoms with E-state index in [9.17, 15) is 4.79 Å². The zero-order valence-corrected chi connectivity index (χ0v) is 14.2. The predicted octanol–water partition coefficient (Wildman–Crippen LogP) is 2.39. The first-order valence-electron chi connectivity index (χ1n) is 8.31. The molecule has 2 heterocycles. The summed E-state index contributed by atoms with van der Waals surface area (Å²) in [6.07, 6.45) is 2.92. The van der Waals surface area contributed by atoms with Gasteiger partial charge in [0, 0.05) is 19.0 Å². The van der Waals surface area contributed by atoms with Crippen molar-refractivity contribution in [1.82, 2.24) is 15.1 Å². The Balaban J connectivity index is 1.47. The molecule has 0 radical (unpaired) electrons. The second-order valence-electron chi connectivity index (χ2n) is 6.41. The van der Waals surface area contributed by atoms with Gasteiger partial charge in [-0.15, -0.1) is 0 Å². The van der Waals surface area contributed by atoms with Crippen molar-refractivity contribution in [2.24, 2.45) is 0 Å². The van der Waals surface area contributed by atoms with Gasteiger partial charge in [0.15, 0.2) is 0 Å². The maximum absolute atomic E-state index is 12.3. The molecule has 24 heavy (non-hydrogen) atoms. The van der Waals surface area contributed by atoms with Gasteiger partial charge in [0.2, 0.25) is 5.91 Å². The lowest BCUT2D eigenvalue weighted by Gasteiger charge is -2.17. The summed E-state index contributed by atoms with van der Waals surface area (Å²) in [6.45, 7) is 5.97. The number of amides is 1. The van der Waals surface area contributed by atoms with Crippen LogP contribution in [0.25, 0.3) is 0 Å². The van der Waals surface area contributed by atoms with Gasteiger partial charge >= 0.3 is 0 Å². The van der Waals surface area contributed by atoms with Gasteiger partial charge in [-0.05, 0) is 43.5 Å². The molecular formula is C18H24N4O2. The highest BCUT2D eigenvalue weighted by molar-refractivity contribution is 5.76. The maximum atomic E-state index is 12.3. The maximum Gasteiger partial charge on any atom is 0.226 e. The molecule has 1 amide bonds. The van der Waals surface area contributed by atoms with Gasteiger partial charge in [0.05, 0.1) is 30.6 Å². The molecule has 0 spiro atoms. The molecule has 3 rings (SSSR count). The van der Waals surface area contributed by atoms with E-state index in [0.717, 1.165) is 24.4 Å². The Bertz CT molecular complexity index is 726. The molecule has 6 heteroatoms. The van der Waals surface area contributed by atoms with E-state index in [1.54, 1.807) is 6.20 Å². The molecule has 1 fully saturated rings. The van der Waals surface area contributed by atoms with E-state index in [4.69, 9.17) is 10.5 Å². The number of anilines is 1.